The average Bonchev–Trinajstić information content (AvgIpc) is 2.26. The number of nitrogens with zero attached hydrogens (tertiary/aromatic N) is 1. The summed E-state index contributed by atoms with van der Waals surface area (Å²) in [6.07, 6.45) is 3.71. The number of cyclic esters (lactones) is 2. The summed E-state index contributed by atoms with van der Waals surface area (Å²) >= 11 is 0. The molecular formula is C12H12N2O5. The number of anilines is 1. The highest BCUT2D eigenvalue weighted by atomic mass is 16.7. The van der Waals surface area contributed by atoms with Crippen molar-refractivity contribution in [1.82, 2.24) is 0 Å². The zero-order valence-corrected chi connectivity index (χ0v) is 10.4. The van der Waals surface area contributed by atoms with Gasteiger partial charge in [-0.25, -0.2) is 9.59 Å². The van der Waals surface area contributed by atoms with E-state index in [2.05, 4.69) is 5.32 Å². The third-order valence-corrected chi connectivity index (χ3v) is 2.28. The highest BCUT2D eigenvalue weighted by Gasteiger charge is 2.38. The first-order chi connectivity index (χ1) is 8.87. The van der Waals surface area contributed by atoms with Gasteiger partial charge in [0.2, 0.25) is 6.20 Å². The van der Waals surface area contributed by atoms with E-state index in [1.165, 1.54) is 32.3 Å². The maximum Gasteiger partial charge on any atom is 0.350 e. The fourth-order valence-electron chi connectivity index (χ4n) is 1.47. The summed E-state index contributed by atoms with van der Waals surface area (Å²) in [7, 11) is 0. The molecule has 0 amide bonds. The molecule has 19 heavy (non-hydrogen) atoms. The van der Waals surface area contributed by atoms with Gasteiger partial charge in [-0.3, -0.25) is 0 Å². The maximum absolute atomic E-state index is 11.6. The second-order valence-corrected chi connectivity index (χ2v) is 4.33. The van der Waals surface area contributed by atoms with Gasteiger partial charge in [-0.15, -0.1) is 0 Å². The average molecular weight is 264 g/mol. The summed E-state index contributed by atoms with van der Waals surface area (Å²) in [6.45, 7) is 2.93. The molecule has 2 rings (SSSR count). The molecule has 1 aliphatic heterocycles. The van der Waals surface area contributed by atoms with Crippen molar-refractivity contribution in [3.05, 3.63) is 41.5 Å². The molecule has 0 aromatic carbocycles. The number of hydrogen-bond acceptors (Lipinski definition) is 6. The standard InChI is InChI=1S/C12H12N2O5/c1-12(2)18-10(15)9(11(16)19-12)6-13-8-4-3-5-14(17)7-8/h3-7,13H,1-2H3. The highest BCUT2D eigenvalue weighted by Crippen LogP contribution is 2.22. The molecule has 7 nitrogen and oxygen atoms in total. The summed E-state index contributed by atoms with van der Waals surface area (Å²) in [6, 6.07) is 3.13. The summed E-state index contributed by atoms with van der Waals surface area (Å²) in [5.74, 6) is -2.82. The summed E-state index contributed by atoms with van der Waals surface area (Å²) < 4.78 is 10.4. The smallest absolute Gasteiger partial charge is 0.350 e. The van der Waals surface area contributed by atoms with Crippen LogP contribution >= 0.6 is 0 Å². The normalized spacial score (nSPS) is 17.5. The molecule has 0 atom stereocenters. The highest BCUT2D eigenvalue weighted by molar-refractivity contribution is 6.15. The molecule has 0 bridgehead atoms. The lowest BCUT2D eigenvalue weighted by molar-refractivity contribution is -0.604. The van der Waals surface area contributed by atoms with Crippen LogP contribution < -0.4 is 10.0 Å². The Balaban J connectivity index is 2.15. The number of pyridine rings is 1. The number of carbonyl (C=O) groups excluding carboxylic acids is 2. The van der Waals surface area contributed by atoms with E-state index in [-0.39, 0.29) is 5.57 Å². The molecule has 1 aromatic rings. The van der Waals surface area contributed by atoms with Gasteiger partial charge in [0.15, 0.2) is 11.8 Å². The van der Waals surface area contributed by atoms with E-state index >= 15 is 0 Å². The molecule has 1 N–H and O–H groups in total. The van der Waals surface area contributed by atoms with Gasteiger partial charge >= 0.3 is 11.9 Å². The van der Waals surface area contributed by atoms with Gasteiger partial charge in [0, 0.05) is 26.1 Å². The zero-order valence-electron chi connectivity index (χ0n) is 10.4. The number of ether oxygens (including phenoxy) is 2. The third kappa shape index (κ3) is 3.01. The molecule has 1 fully saturated rings. The topological polar surface area (TPSA) is 91.6 Å². The number of carbonyl (C=O) groups is 2. The third-order valence-electron chi connectivity index (χ3n) is 2.28. The molecule has 2 heterocycles. The molecule has 1 aromatic heterocycles. The van der Waals surface area contributed by atoms with Crippen molar-refractivity contribution >= 4 is 17.6 Å². The molecule has 1 saturated heterocycles. The molecule has 1 aliphatic rings. The van der Waals surface area contributed by atoms with Crippen LogP contribution in [-0.4, -0.2) is 17.7 Å². The van der Waals surface area contributed by atoms with Gasteiger partial charge in [-0.2, -0.15) is 4.73 Å². The molecule has 0 spiro atoms. The van der Waals surface area contributed by atoms with Crippen molar-refractivity contribution < 1.29 is 23.8 Å². The Hall–Kier alpha value is -2.57. The van der Waals surface area contributed by atoms with Crippen LogP contribution in [0, 0.1) is 5.21 Å². The minimum atomic E-state index is -1.27. The molecule has 100 valence electrons. The first-order valence-electron chi connectivity index (χ1n) is 5.50. The fraction of sp³-hybridized carbons (Fsp3) is 0.250. The van der Waals surface area contributed by atoms with Gasteiger partial charge in [0.25, 0.3) is 5.79 Å². The molecule has 7 heteroatoms. The Morgan fingerprint density at radius 3 is 2.53 bits per heavy atom. The quantitative estimate of drug-likeness (QED) is 0.274. The predicted octanol–water partition coefficient (Wildman–Crippen LogP) is 0.452. The number of esters is 2. The van der Waals surface area contributed by atoms with Crippen molar-refractivity contribution in [2.24, 2.45) is 0 Å². The lowest BCUT2D eigenvalue weighted by atomic mass is 10.2. The van der Waals surface area contributed by atoms with Crippen LogP contribution in [0.5, 0.6) is 0 Å². The first kappa shape index (κ1) is 12.9. The monoisotopic (exact) mass is 264 g/mol. The van der Waals surface area contributed by atoms with Gasteiger partial charge < -0.3 is 20.0 Å². The Morgan fingerprint density at radius 2 is 1.95 bits per heavy atom. The summed E-state index contributed by atoms with van der Waals surface area (Å²) in [5.41, 5.74) is 0.163. The second-order valence-electron chi connectivity index (χ2n) is 4.33. The summed E-state index contributed by atoms with van der Waals surface area (Å²) in [5, 5.41) is 13.7. The van der Waals surface area contributed by atoms with Crippen molar-refractivity contribution in [2.75, 3.05) is 5.32 Å². The largest absolute Gasteiger partial charge is 0.619 e. The van der Waals surface area contributed by atoms with Crippen LogP contribution in [0.3, 0.4) is 0 Å². The van der Waals surface area contributed by atoms with Crippen LogP contribution in [0.2, 0.25) is 0 Å². The minimum absolute atomic E-state index is 0.263. The Bertz CT molecular complexity index is 543. The van der Waals surface area contributed by atoms with Gasteiger partial charge in [0.05, 0.1) is 0 Å². The van der Waals surface area contributed by atoms with Gasteiger partial charge in [-0.05, 0) is 6.07 Å². The molecule has 0 unspecified atom stereocenters. The van der Waals surface area contributed by atoms with Crippen LogP contribution in [0.15, 0.2) is 36.3 Å². The number of nitrogens with one attached hydrogen (secondary N) is 1. The Morgan fingerprint density at radius 1 is 1.32 bits per heavy atom. The molecule has 0 radical (unpaired) electrons. The Labute approximate surface area is 109 Å². The van der Waals surface area contributed by atoms with E-state index in [1.807, 2.05) is 0 Å². The van der Waals surface area contributed by atoms with E-state index in [0.29, 0.717) is 10.4 Å². The van der Waals surface area contributed by atoms with E-state index in [4.69, 9.17) is 9.47 Å². The van der Waals surface area contributed by atoms with E-state index in [0.717, 1.165) is 6.20 Å². The van der Waals surface area contributed by atoms with Crippen LogP contribution in [0.1, 0.15) is 13.8 Å². The SMILES string of the molecule is CC1(C)OC(=O)C(=CNc2ccc[n+]([O-])c2)C(=O)O1. The molecule has 0 saturated carbocycles. The summed E-state index contributed by atoms with van der Waals surface area (Å²) in [4.78, 5) is 23.2. The van der Waals surface area contributed by atoms with Crippen molar-refractivity contribution in [3.8, 4) is 0 Å². The predicted molar refractivity (Wildman–Crippen MR) is 63.4 cm³/mol. The molecular weight excluding hydrogens is 252 g/mol. The zero-order chi connectivity index (χ0) is 14.0. The lowest BCUT2D eigenvalue weighted by Gasteiger charge is -2.29. The van der Waals surface area contributed by atoms with Crippen molar-refractivity contribution in [1.29, 1.82) is 0 Å². The minimum Gasteiger partial charge on any atom is -0.619 e. The van der Waals surface area contributed by atoms with E-state index in [9.17, 15) is 14.8 Å². The van der Waals surface area contributed by atoms with Gasteiger partial charge in [0.1, 0.15) is 5.69 Å². The second kappa shape index (κ2) is 4.60. The lowest BCUT2D eigenvalue weighted by Crippen LogP contribution is -2.42. The maximum atomic E-state index is 11.6. The van der Waals surface area contributed by atoms with Crippen molar-refractivity contribution in [2.45, 2.75) is 19.6 Å². The van der Waals surface area contributed by atoms with E-state index < -0.39 is 17.7 Å². The first-order valence-corrected chi connectivity index (χ1v) is 5.50. The van der Waals surface area contributed by atoms with Crippen LogP contribution in [0.25, 0.3) is 0 Å². The van der Waals surface area contributed by atoms with Crippen LogP contribution in [-0.2, 0) is 19.1 Å². The van der Waals surface area contributed by atoms with Gasteiger partial charge in [-0.1, -0.05) is 0 Å². The van der Waals surface area contributed by atoms with Crippen LogP contribution in [0.4, 0.5) is 5.69 Å². The molecule has 0 aliphatic carbocycles. The van der Waals surface area contributed by atoms with E-state index in [1.54, 1.807) is 6.07 Å². The van der Waals surface area contributed by atoms with Crippen molar-refractivity contribution in [3.63, 3.8) is 0 Å². The fourth-order valence-corrected chi connectivity index (χ4v) is 1.47. The number of rotatable bonds is 2. The number of hydrogen-bond donors (Lipinski definition) is 1. The number of aromatic nitrogens is 1. The Kier molecular flexibility index (Phi) is 3.12.